The van der Waals surface area contributed by atoms with Crippen molar-refractivity contribution in [3.8, 4) is 5.75 Å². The van der Waals surface area contributed by atoms with Crippen LogP contribution < -0.4 is 10.1 Å². The van der Waals surface area contributed by atoms with Gasteiger partial charge in [0.25, 0.3) is 0 Å². The molecule has 0 aliphatic carbocycles. The van der Waals surface area contributed by atoms with Crippen LogP contribution in [0.5, 0.6) is 5.75 Å². The van der Waals surface area contributed by atoms with Gasteiger partial charge in [-0.05, 0) is 38.1 Å². The van der Waals surface area contributed by atoms with Gasteiger partial charge < -0.3 is 15.2 Å². The highest BCUT2D eigenvalue weighted by Crippen LogP contribution is 2.16. The average Bonchev–Trinajstić information content (AvgIpc) is 2.28. The number of rotatable bonds is 6. The molecular weight excluding hydrogens is 202 g/mol. The SMILES string of the molecule is CCC(C)(O)COc1cccc(CNC)c1. The molecule has 0 amide bonds. The van der Waals surface area contributed by atoms with Crippen LogP contribution in [0, 0.1) is 0 Å². The van der Waals surface area contributed by atoms with Gasteiger partial charge in [-0.2, -0.15) is 0 Å². The molecule has 1 aromatic rings. The molecule has 2 N–H and O–H groups in total. The Balaban J connectivity index is 2.57. The molecule has 3 nitrogen and oxygen atoms in total. The van der Waals surface area contributed by atoms with Crippen LogP contribution >= 0.6 is 0 Å². The van der Waals surface area contributed by atoms with E-state index in [0.29, 0.717) is 13.0 Å². The zero-order valence-corrected chi connectivity index (χ0v) is 10.3. The molecule has 1 atom stereocenters. The maximum absolute atomic E-state index is 9.82. The molecule has 0 aromatic heterocycles. The number of hydrogen-bond donors (Lipinski definition) is 2. The Bertz CT molecular complexity index is 323. The van der Waals surface area contributed by atoms with E-state index in [0.717, 1.165) is 12.3 Å². The highest BCUT2D eigenvalue weighted by Gasteiger charge is 2.18. The summed E-state index contributed by atoms with van der Waals surface area (Å²) >= 11 is 0. The lowest BCUT2D eigenvalue weighted by molar-refractivity contribution is 0.00844. The monoisotopic (exact) mass is 223 g/mol. The summed E-state index contributed by atoms with van der Waals surface area (Å²) in [7, 11) is 1.91. The molecule has 0 spiro atoms. The van der Waals surface area contributed by atoms with E-state index >= 15 is 0 Å². The molecule has 1 unspecified atom stereocenters. The predicted octanol–water partition coefficient (Wildman–Crippen LogP) is 1.95. The van der Waals surface area contributed by atoms with Crippen molar-refractivity contribution < 1.29 is 9.84 Å². The second-order valence-electron chi connectivity index (χ2n) is 4.32. The summed E-state index contributed by atoms with van der Waals surface area (Å²) in [5, 5.41) is 12.9. The lowest BCUT2D eigenvalue weighted by atomic mass is 10.1. The van der Waals surface area contributed by atoms with E-state index in [-0.39, 0.29) is 0 Å². The summed E-state index contributed by atoms with van der Waals surface area (Å²) in [5.41, 5.74) is 0.426. The van der Waals surface area contributed by atoms with Crippen molar-refractivity contribution in [3.05, 3.63) is 29.8 Å². The predicted molar refractivity (Wildman–Crippen MR) is 65.6 cm³/mol. The normalized spacial score (nSPS) is 14.5. The Labute approximate surface area is 97.4 Å². The number of benzene rings is 1. The number of ether oxygens (including phenoxy) is 1. The molecule has 0 heterocycles. The summed E-state index contributed by atoms with van der Waals surface area (Å²) in [6, 6.07) is 7.90. The van der Waals surface area contributed by atoms with Gasteiger partial charge in [-0.1, -0.05) is 19.1 Å². The summed E-state index contributed by atoms with van der Waals surface area (Å²) < 4.78 is 5.57. The van der Waals surface area contributed by atoms with Gasteiger partial charge in [0, 0.05) is 6.54 Å². The van der Waals surface area contributed by atoms with Crippen LogP contribution in [-0.4, -0.2) is 24.4 Å². The van der Waals surface area contributed by atoms with Gasteiger partial charge in [0.05, 0.1) is 5.60 Å². The van der Waals surface area contributed by atoms with Crippen LogP contribution in [0.25, 0.3) is 0 Å². The Kier molecular flexibility index (Phi) is 4.77. The van der Waals surface area contributed by atoms with Gasteiger partial charge in [-0.3, -0.25) is 0 Å². The summed E-state index contributed by atoms with van der Waals surface area (Å²) in [6.07, 6.45) is 0.684. The van der Waals surface area contributed by atoms with Crippen molar-refractivity contribution in [3.63, 3.8) is 0 Å². The zero-order valence-electron chi connectivity index (χ0n) is 10.3. The lowest BCUT2D eigenvalue weighted by Crippen LogP contribution is -2.31. The molecule has 1 aromatic carbocycles. The first-order valence-corrected chi connectivity index (χ1v) is 5.66. The Hall–Kier alpha value is -1.06. The minimum atomic E-state index is -0.751. The third-order valence-electron chi connectivity index (χ3n) is 2.59. The van der Waals surface area contributed by atoms with E-state index in [1.807, 2.05) is 38.2 Å². The first kappa shape index (κ1) is 13.0. The number of hydrogen-bond acceptors (Lipinski definition) is 3. The molecule has 90 valence electrons. The van der Waals surface area contributed by atoms with Gasteiger partial charge >= 0.3 is 0 Å². The third kappa shape index (κ3) is 4.21. The smallest absolute Gasteiger partial charge is 0.119 e. The molecule has 0 saturated heterocycles. The van der Waals surface area contributed by atoms with Crippen molar-refractivity contribution in [1.29, 1.82) is 0 Å². The number of aliphatic hydroxyl groups is 1. The van der Waals surface area contributed by atoms with Gasteiger partial charge in [0.2, 0.25) is 0 Å². The quantitative estimate of drug-likeness (QED) is 0.774. The van der Waals surface area contributed by atoms with Crippen LogP contribution in [0.15, 0.2) is 24.3 Å². The topological polar surface area (TPSA) is 41.5 Å². The molecule has 3 heteroatoms. The molecule has 1 rings (SSSR count). The Morgan fingerprint density at radius 3 is 2.81 bits per heavy atom. The maximum Gasteiger partial charge on any atom is 0.119 e. The van der Waals surface area contributed by atoms with E-state index in [9.17, 15) is 5.11 Å². The fraction of sp³-hybridized carbons (Fsp3) is 0.538. The van der Waals surface area contributed by atoms with Crippen LogP contribution in [0.3, 0.4) is 0 Å². The maximum atomic E-state index is 9.82. The molecule has 0 radical (unpaired) electrons. The van der Waals surface area contributed by atoms with Crippen molar-refractivity contribution in [2.45, 2.75) is 32.4 Å². The lowest BCUT2D eigenvalue weighted by Gasteiger charge is -2.21. The minimum absolute atomic E-state index is 0.326. The minimum Gasteiger partial charge on any atom is -0.491 e. The van der Waals surface area contributed by atoms with Crippen molar-refractivity contribution in [2.24, 2.45) is 0 Å². The summed E-state index contributed by atoms with van der Waals surface area (Å²) in [4.78, 5) is 0. The standard InChI is InChI=1S/C13H21NO2/c1-4-13(2,15)10-16-12-7-5-6-11(8-12)9-14-3/h5-8,14-15H,4,9-10H2,1-3H3. The first-order chi connectivity index (χ1) is 7.57. The van der Waals surface area contributed by atoms with E-state index < -0.39 is 5.60 Å². The second-order valence-corrected chi connectivity index (χ2v) is 4.32. The second kappa shape index (κ2) is 5.87. The zero-order chi connectivity index (χ0) is 12.0. The molecule has 0 fully saturated rings. The van der Waals surface area contributed by atoms with Crippen molar-refractivity contribution in [2.75, 3.05) is 13.7 Å². The summed E-state index contributed by atoms with van der Waals surface area (Å²) in [5.74, 6) is 0.807. The van der Waals surface area contributed by atoms with E-state index in [4.69, 9.17) is 4.74 Å². The van der Waals surface area contributed by atoms with Gasteiger partial charge in [-0.15, -0.1) is 0 Å². The van der Waals surface area contributed by atoms with E-state index in [1.54, 1.807) is 6.92 Å². The molecule has 0 saturated carbocycles. The first-order valence-electron chi connectivity index (χ1n) is 5.66. The molecule has 16 heavy (non-hydrogen) atoms. The highest BCUT2D eigenvalue weighted by molar-refractivity contribution is 5.28. The Morgan fingerprint density at radius 1 is 1.44 bits per heavy atom. The van der Waals surface area contributed by atoms with Crippen LogP contribution in [0.1, 0.15) is 25.8 Å². The van der Waals surface area contributed by atoms with Gasteiger partial charge in [0.15, 0.2) is 0 Å². The van der Waals surface area contributed by atoms with Crippen LogP contribution in [0.2, 0.25) is 0 Å². The van der Waals surface area contributed by atoms with Gasteiger partial charge in [0.1, 0.15) is 12.4 Å². The Morgan fingerprint density at radius 2 is 2.19 bits per heavy atom. The average molecular weight is 223 g/mol. The van der Waals surface area contributed by atoms with E-state index in [1.165, 1.54) is 5.56 Å². The number of nitrogens with one attached hydrogen (secondary N) is 1. The fourth-order valence-electron chi connectivity index (χ4n) is 1.29. The van der Waals surface area contributed by atoms with Crippen molar-refractivity contribution >= 4 is 0 Å². The third-order valence-corrected chi connectivity index (χ3v) is 2.59. The molecular formula is C13H21NO2. The molecule has 0 aliphatic rings. The largest absolute Gasteiger partial charge is 0.491 e. The molecule has 0 aliphatic heterocycles. The molecule has 0 bridgehead atoms. The van der Waals surface area contributed by atoms with Gasteiger partial charge in [-0.25, -0.2) is 0 Å². The van der Waals surface area contributed by atoms with E-state index in [2.05, 4.69) is 5.32 Å². The highest BCUT2D eigenvalue weighted by atomic mass is 16.5. The fourth-order valence-corrected chi connectivity index (χ4v) is 1.29. The van der Waals surface area contributed by atoms with Crippen LogP contribution in [-0.2, 0) is 6.54 Å². The van der Waals surface area contributed by atoms with Crippen molar-refractivity contribution in [1.82, 2.24) is 5.32 Å². The summed E-state index contributed by atoms with van der Waals surface area (Å²) in [6.45, 7) is 4.87. The van der Waals surface area contributed by atoms with Crippen LogP contribution in [0.4, 0.5) is 0 Å².